The van der Waals surface area contributed by atoms with Crippen molar-refractivity contribution in [1.82, 2.24) is 0 Å². The molecule has 0 bridgehead atoms. The van der Waals surface area contributed by atoms with Crippen LogP contribution in [0.4, 0.5) is 0 Å². The summed E-state index contributed by atoms with van der Waals surface area (Å²) in [6, 6.07) is 0. The van der Waals surface area contributed by atoms with Crippen LogP contribution in [0.25, 0.3) is 0 Å². The fraction of sp³-hybridized carbons (Fsp3) is 1.00. The van der Waals surface area contributed by atoms with Crippen LogP contribution in [0, 0.1) is 0 Å². The molecule has 5 atom stereocenters. The van der Waals surface area contributed by atoms with Crippen molar-refractivity contribution in [3.05, 3.63) is 0 Å². The minimum atomic E-state index is -1.59. The second-order valence-corrected chi connectivity index (χ2v) is 4.61. The maximum atomic E-state index is 9.64. The van der Waals surface area contributed by atoms with Gasteiger partial charge in [0.15, 0.2) is 0 Å². The third kappa shape index (κ3) is 6.08. The standard InChI is InChI=1S/C12H26O6/c1-2-5-8(14)10(16)12(18)11(17)9(15)6-3-4-7-13/h8-18H,2-7H2,1H3/t8-,9+,10+,11+,12-/m0/s1. The molecule has 0 saturated heterocycles. The molecule has 0 aliphatic heterocycles. The second-order valence-electron chi connectivity index (χ2n) is 4.61. The van der Waals surface area contributed by atoms with Crippen LogP contribution < -0.4 is 0 Å². The summed E-state index contributed by atoms with van der Waals surface area (Å²) in [6.45, 7) is 1.83. The van der Waals surface area contributed by atoms with E-state index in [1.165, 1.54) is 0 Å². The Morgan fingerprint density at radius 1 is 0.722 bits per heavy atom. The molecule has 0 aliphatic carbocycles. The summed E-state index contributed by atoms with van der Waals surface area (Å²) in [5.74, 6) is 0. The Hall–Kier alpha value is -0.240. The molecule has 110 valence electrons. The summed E-state index contributed by atoms with van der Waals surface area (Å²) in [4.78, 5) is 0. The zero-order valence-corrected chi connectivity index (χ0v) is 10.8. The quantitative estimate of drug-likeness (QED) is 0.275. The van der Waals surface area contributed by atoms with Gasteiger partial charge >= 0.3 is 0 Å². The Balaban J connectivity index is 4.17. The first-order valence-electron chi connectivity index (χ1n) is 6.46. The molecule has 6 nitrogen and oxygen atoms in total. The number of unbranched alkanes of at least 4 members (excludes halogenated alkanes) is 1. The smallest absolute Gasteiger partial charge is 0.111 e. The SMILES string of the molecule is CCC[C@H](O)[C@@H](O)[C@H](O)[C@H](O)[C@H](O)CCCCO. The lowest BCUT2D eigenvalue weighted by Gasteiger charge is -2.29. The minimum Gasteiger partial charge on any atom is -0.396 e. The first kappa shape index (κ1) is 17.8. The summed E-state index contributed by atoms with van der Waals surface area (Å²) in [5, 5.41) is 56.5. The maximum Gasteiger partial charge on any atom is 0.111 e. The van der Waals surface area contributed by atoms with Crippen molar-refractivity contribution in [3.63, 3.8) is 0 Å². The zero-order valence-electron chi connectivity index (χ0n) is 10.8. The molecule has 0 rings (SSSR count). The molecule has 0 aromatic heterocycles. The fourth-order valence-electron chi connectivity index (χ4n) is 1.76. The summed E-state index contributed by atoms with van der Waals surface area (Å²) in [5.41, 5.74) is 0. The minimum absolute atomic E-state index is 0.00318. The molecule has 6 N–H and O–H groups in total. The van der Waals surface area contributed by atoms with Crippen LogP contribution in [0.15, 0.2) is 0 Å². The van der Waals surface area contributed by atoms with Crippen LogP contribution >= 0.6 is 0 Å². The van der Waals surface area contributed by atoms with E-state index in [0.717, 1.165) is 0 Å². The summed E-state index contributed by atoms with van der Waals surface area (Å²) >= 11 is 0. The Bertz CT molecular complexity index is 201. The fourth-order valence-corrected chi connectivity index (χ4v) is 1.76. The van der Waals surface area contributed by atoms with E-state index in [1.54, 1.807) is 0 Å². The largest absolute Gasteiger partial charge is 0.396 e. The van der Waals surface area contributed by atoms with E-state index < -0.39 is 30.5 Å². The van der Waals surface area contributed by atoms with Crippen LogP contribution in [0.5, 0.6) is 0 Å². The van der Waals surface area contributed by atoms with Gasteiger partial charge in [0.05, 0.1) is 12.2 Å². The molecule has 6 heteroatoms. The van der Waals surface area contributed by atoms with Gasteiger partial charge in [0.2, 0.25) is 0 Å². The molecule has 0 radical (unpaired) electrons. The predicted molar refractivity (Wildman–Crippen MR) is 65.9 cm³/mol. The number of hydrogen-bond donors (Lipinski definition) is 6. The van der Waals surface area contributed by atoms with E-state index in [0.29, 0.717) is 25.7 Å². The Labute approximate surface area is 108 Å². The molecule has 0 unspecified atom stereocenters. The molecule has 0 spiro atoms. The third-order valence-electron chi connectivity index (χ3n) is 2.98. The van der Waals surface area contributed by atoms with Crippen molar-refractivity contribution in [2.75, 3.05) is 6.61 Å². The lowest BCUT2D eigenvalue weighted by molar-refractivity contribution is -0.135. The number of hydrogen-bond acceptors (Lipinski definition) is 6. The van der Waals surface area contributed by atoms with Gasteiger partial charge in [-0.05, 0) is 25.7 Å². The topological polar surface area (TPSA) is 121 Å². The van der Waals surface area contributed by atoms with E-state index in [9.17, 15) is 25.5 Å². The number of aliphatic hydroxyl groups excluding tert-OH is 6. The lowest BCUT2D eigenvalue weighted by atomic mass is 9.95. The van der Waals surface area contributed by atoms with Crippen LogP contribution in [0.3, 0.4) is 0 Å². The summed E-state index contributed by atoms with van der Waals surface area (Å²) < 4.78 is 0. The van der Waals surface area contributed by atoms with Gasteiger partial charge < -0.3 is 30.6 Å². The molecule has 18 heavy (non-hydrogen) atoms. The molecule has 0 fully saturated rings. The van der Waals surface area contributed by atoms with Crippen molar-refractivity contribution in [2.45, 2.75) is 69.5 Å². The van der Waals surface area contributed by atoms with Crippen LogP contribution in [0.1, 0.15) is 39.0 Å². The van der Waals surface area contributed by atoms with Crippen LogP contribution in [-0.4, -0.2) is 67.8 Å². The van der Waals surface area contributed by atoms with Crippen molar-refractivity contribution in [3.8, 4) is 0 Å². The summed E-state index contributed by atoms with van der Waals surface area (Å²) in [6.07, 6.45) is -4.70. The van der Waals surface area contributed by atoms with Crippen molar-refractivity contribution in [1.29, 1.82) is 0 Å². The molecule has 0 heterocycles. The average Bonchev–Trinajstić information content (AvgIpc) is 2.36. The van der Waals surface area contributed by atoms with Gasteiger partial charge in [-0.2, -0.15) is 0 Å². The Morgan fingerprint density at radius 2 is 1.22 bits per heavy atom. The van der Waals surface area contributed by atoms with Gasteiger partial charge in [0.1, 0.15) is 18.3 Å². The van der Waals surface area contributed by atoms with Gasteiger partial charge in [-0.15, -0.1) is 0 Å². The van der Waals surface area contributed by atoms with E-state index in [4.69, 9.17) is 5.11 Å². The second kappa shape index (κ2) is 9.66. The van der Waals surface area contributed by atoms with E-state index >= 15 is 0 Å². The normalized spacial score (nSPS) is 20.2. The highest BCUT2D eigenvalue weighted by atomic mass is 16.4. The van der Waals surface area contributed by atoms with Crippen molar-refractivity contribution in [2.24, 2.45) is 0 Å². The Morgan fingerprint density at radius 3 is 1.67 bits per heavy atom. The predicted octanol–water partition coefficient (Wildman–Crippen LogP) is -1.25. The van der Waals surface area contributed by atoms with E-state index in [1.807, 2.05) is 6.92 Å². The van der Waals surface area contributed by atoms with Gasteiger partial charge in [-0.1, -0.05) is 13.3 Å². The number of rotatable bonds is 10. The molecular weight excluding hydrogens is 240 g/mol. The first-order chi connectivity index (χ1) is 8.45. The Kier molecular flexibility index (Phi) is 9.53. The molecule has 0 amide bonds. The van der Waals surface area contributed by atoms with Crippen LogP contribution in [0.2, 0.25) is 0 Å². The lowest BCUT2D eigenvalue weighted by Crippen LogP contribution is -2.49. The van der Waals surface area contributed by atoms with E-state index in [2.05, 4.69) is 0 Å². The molecular formula is C12H26O6. The zero-order chi connectivity index (χ0) is 14.1. The average molecular weight is 266 g/mol. The van der Waals surface area contributed by atoms with Crippen molar-refractivity contribution >= 4 is 0 Å². The third-order valence-corrected chi connectivity index (χ3v) is 2.98. The number of aliphatic hydroxyl groups is 6. The van der Waals surface area contributed by atoms with Gasteiger partial charge in [0, 0.05) is 6.61 Å². The highest BCUT2D eigenvalue weighted by molar-refractivity contribution is 4.84. The maximum absolute atomic E-state index is 9.64. The first-order valence-corrected chi connectivity index (χ1v) is 6.46. The molecule has 0 aromatic rings. The molecule has 0 aromatic carbocycles. The van der Waals surface area contributed by atoms with E-state index in [-0.39, 0.29) is 13.0 Å². The summed E-state index contributed by atoms with van der Waals surface area (Å²) in [7, 11) is 0. The molecule has 0 saturated carbocycles. The monoisotopic (exact) mass is 266 g/mol. The highest BCUT2D eigenvalue weighted by Crippen LogP contribution is 2.14. The highest BCUT2D eigenvalue weighted by Gasteiger charge is 2.33. The van der Waals surface area contributed by atoms with Crippen molar-refractivity contribution < 1.29 is 30.6 Å². The van der Waals surface area contributed by atoms with Gasteiger partial charge in [-0.25, -0.2) is 0 Å². The van der Waals surface area contributed by atoms with Gasteiger partial charge in [-0.3, -0.25) is 0 Å². The van der Waals surface area contributed by atoms with Gasteiger partial charge in [0.25, 0.3) is 0 Å². The van der Waals surface area contributed by atoms with Crippen LogP contribution in [-0.2, 0) is 0 Å². The molecule has 0 aliphatic rings.